The van der Waals surface area contributed by atoms with Crippen LogP contribution in [0.25, 0.3) is 0 Å². The fraction of sp³-hybridized carbons (Fsp3) is 0.188. The van der Waals surface area contributed by atoms with Gasteiger partial charge >= 0.3 is 0 Å². The van der Waals surface area contributed by atoms with Crippen LogP contribution in [0.15, 0.2) is 42.5 Å². The first kappa shape index (κ1) is 16.6. The van der Waals surface area contributed by atoms with Crippen LogP contribution in [0.1, 0.15) is 18.5 Å². The Hall–Kier alpha value is -1.78. The van der Waals surface area contributed by atoms with Crippen LogP contribution >= 0.6 is 23.2 Å². The van der Waals surface area contributed by atoms with Gasteiger partial charge in [-0.1, -0.05) is 41.4 Å². The van der Waals surface area contributed by atoms with Crippen molar-refractivity contribution < 1.29 is 13.9 Å². The first-order valence-electron chi connectivity index (χ1n) is 6.59. The summed E-state index contributed by atoms with van der Waals surface area (Å²) in [7, 11) is 0. The molecule has 0 aromatic heterocycles. The molecule has 0 heterocycles. The molecule has 2 rings (SSSR count). The van der Waals surface area contributed by atoms with Crippen molar-refractivity contribution in [1.82, 2.24) is 5.32 Å². The van der Waals surface area contributed by atoms with Crippen LogP contribution < -0.4 is 10.1 Å². The van der Waals surface area contributed by atoms with Gasteiger partial charge in [0.1, 0.15) is 11.6 Å². The second-order valence-electron chi connectivity index (χ2n) is 4.68. The zero-order valence-corrected chi connectivity index (χ0v) is 13.3. The Labute approximate surface area is 138 Å². The van der Waals surface area contributed by atoms with Crippen LogP contribution in [-0.2, 0) is 4.79 Å². The second-order valence-corrected chi connectivity index (χ2v) is 5.49. The summed E-state index contributed by atoms with van der Waals surface area (Å²) in [4.78, 5) is 11.9. The summed E-state index contributed by atoms with van der Waals surface area (Å²) in [5, 5.41) is 3.31. The third-order valence-corrected chi connectivity index (χ3v) is 3.64. The minimum atomic E-state index is -0.536. The summed E-state index contributed by atoms with van der Waals surface area (Å²) in [6.07, 6.45) is 0. The molecule has 0 bridgehead atoms. The van der Waals surface area contributed by atoms with E-state index in [2.05, 4.69) is 5.32 Å². The van der Waals surface area contributed by atoms with E-state index in [1.54, 1.807) is 6.07 Å². The minimum Gasteiger partial charge on any atom is -0.484 e. The van der Waals surface area contributed by atoms with E-state index < -0.39 is 5.82 Å². The first-order valence-corrected chi connectivity index (χ1v) is 7.34. The van der Waals surface area contributed by atoms with E-state index in [1.807, 2.05) is 25.1 Å². The van der Waals surface area contributed by atoms with Gasteiger partial charge in [0.25, 0.3) is 5.91 Å². The fourth-order valence-corrected chi connectivity index (χ4v) is 2.37. The van der Waals surface area contributed by atoms with Crippen molar-refractivity contribution >= 4 is 29.1 Å². The molecule has 3 nitrogen and oxygen atoms in total. The van der Waals surface area contributed by atoms with Crippen LogP contribution in [0.5, 0.6) is 5.75 Å². The maximum absolute atomic E-state index is 13.0. The minimum absolute atomic E-state index is 0.0534. The monoisotopic (exact) mass is 341 g/mol. The number of ether oxygens (including phenoxy) is 1. The van der Waals surface area contributed by atoms with Crippen molar-refractivity contribution in [2.75, 3.05) is 6.61 Å². The molecule has 0 saturated heterocycles. The maximum atomic E-state index is 13.0. The van der Waals surface area contributed by atoms with E-state index in [9.17, 15) is 9.18 Å². The van der Waals surface area contributed by atoms with Gasteiger partial charge < -0.3 is 10.1 Å². The highest BCUT2D eigenvalue weighted by Crippen LogP contribution is 2.23. The number of rotatable bonds is 5. The van der Waals surface area contributed by atoms with E-state index >= 15 is 0 Å². The molecular formula is C16H14Cl2FNO2. The molecule has 0 aliphatic carbocycles. The lowest BCUT2D eigenvalue weighted by molar-refractivity contribution is -0.123. The molecule has 0 unspecified atom stereocenters. The van der Waals surface area contributed by atoms with Gasteiger partial charge in [-0.15, -0.1) is 0 Å². The van der Waals surface area contributed by atoms with Crippen LogP contribution in [-0.4, -0.2) is 12.5 Å². The molecule has 2 aromatic carbocycles. The predicted octanol–water partition coefficient (Wildman–Crippen LogP) is 4.39. The molecule has 0 aliphatic heterocycles. The van der Waals surface area contributed by atoms with Gasteiger partial charge in [0.2, 0.25) is 0 Å². The van der Waals surface area contributed by atoms with E-state index in [0.717, 1.165) is 5.56 Å². The largest absolute Gasteiger partial charge is 0.484 e. The molecule has 0 saturated carbocycles. The fourth-order valence-electron chi connectivity index (χ4n) is 1.90. The molecular weight excluding hydrogens is 328 g/mol. The van der Waals surface area contributed by atoms with Crippen molar-refractivity contribution in [3.63, 3.8) is 0 Å². The van der Waals surface area contributed by atoms with Crippen molar-refractivity contribution in [3.8, 4) is 5.75 Å². The lowest BCUT2D eigenvalue weighted by Crippen LogP contribution is -2.31. The highest BCUT2D eigenvalue weighted by Gasteiger charge is 2.13. The van der Waals surface area contributed by atoms with Crippen LogP contribution in [0, 0.1) is 5.82 Å². The molecule has 0 fully saturated rings. The molecule has 6 heteroatoms. The normalized spacial score (nSPS) is 11.8. The molecule has 1 amide bonds. The van der Waals surface area contributed by atoms with E-state index in [0.29, 0.717) is 10.8 Å². The Bertz CT molecular complexity index is 679. The zero-order chi connectivity index (χ0) is 16.1. The predicted molar refractivity (Wildman–Crippen MR) is 84.9 cm³/mol. The molecule has 1 atom stereocenters. The third-order valence-electron chi connectivity index (χ3n) is 3.01. The van der Waals surface area contributed by atoms with Gasteiger partial charge in [0, 0.05) is 11.1 Å². The van der Waals surface area contributed by atoms with Crippen LogP contribution in [0.4, 0.5) is 4.39 Å². The standard InChI is InChI=1S/C16H14Cl2FNO2/c1-10(12-4-2-3-5-13(12)17)20-16(21)9-22-11-6-7-15(19)14(18)8-11/h2-8,10H,9H2,1H3,(H,20,21)/t10-/m0/s1. The van der Waals surface area contributed by atoms with E-state index in [-0.39, 0.29) is 23.6 Å². The number of benzene rings is 2. The average Bonchev–Trinajstić information content (AvgIpc) is 2.49. The van der Waals surface area contributed by atoms with Gasteiger partial charge in [-0.05, 0) is 30.7 Å². The van der Waals surface area contributed by atoms with Crippen LogP contribution in [0.3, 0.4) is 0 Å². The lowest BCUT2D eigenvalue weighted by Gasteiger charge is -2.16. The number of hydrogen-bond donors (Lipinski definition) is 1. The third kappa shape index (κ3) is 4.36. The molecule has 116 valence electrons. The molecule has 22 heavy (non-hydrogen) atoms. The Morgan fingerprint density at radius 2 is 1.95 bits per heavy atom. The molecule has 2 aromatic rings. The molecule has 0 spiro atoms. The Balaban J connectivity index is 1.90. The number of nitrogens with one attached hydrogen (secondary N) is 1. The zero-order valence-electron chi connectivity index (χ0n) is 11.8. The van der Waals surface area contributed by atoms with E-state index in [1.165, 1.54) is 18.2 Å². The van der Waals surface area contributed by atoms with Crippen molar-refractivity contribution in [3.05, 3.63) is 63.9 Å². The first-order chi connectivity index (χ1) is 10.5. The summed E-state index contributed by atoms with van der Waals surface area (Å²) >= 11 is 11.7. The van der Waals surface area contributed by atoms with Gasteiger partial charge in [-0.2, -0.15) is 0 Å². The molecule has 0 aliphatic rings. The van der Waals surface area contributed by atoms with Crippen molar-refractivity contribution in [2.45, 2.75) is 13.0 Å². The Kier molecular flexibility index (Phi) is 5.63. The number of hydrogen-bond acceptors (Lipinski definition) is 2. The molecule has 0 radical (unpaired) electrons. The van der Waals surface area contributed by atoms with E-state index in [4.69, 9.17) is 27.9 Å². The van der Waals surface area contributed by atoms with Gasteiger partial charge in [0.15, 0.2) is 6.61 Å². The second kappa shape index (κ2) is 7.47. The summed E-state index contributed by atoms with van der Waals surface area (Å²) in [5.74, 6) is -0.523. The van der Waals surface area contributed by atoms with Crippen molar-refractivity contribution in [1.29, 1.82) is 0 Å². The number of halogens is 3. The summed E-state index contributed by atoms with van der Waals surface area (Å²) in [5.41, 5.74) is 0.822. The van der Waals surface area contributed by atoms with Gasteiger partial charge in [-0.3, -0.25) is 4.79 Å². The average molecular weight is 342 g/mol. The highest BCUT2D eigenvalue weighted by atomic mass is 35.5. The number of carbonyl (C=O) groups excluding carboxylic acids is 1. The quantitative estimate of drug-likeness (QED) is 0.875. The summed E-state index contributed by atoms with van der Waals surface area (Å²) < 4.78 is 18.3. The SMILES string of the molecule is C[C@H](NC(=O)COc1ccc(F)c(Cl)c1)c1ccccc1Cl. The van der Waals surface area contributed by atoms with Crippen LogP contribution in [0.2, 0.25) is 10.0 Å². The van der Waals surface area contributed by atoms with Crippen molar-refractivity contribution in [2.24, 2.45) is 0 Å². The highest BCUT2D eigenvalue weighted by molar-refractivity contribution is 6.31. The number of amides is 1. The van der Waals surface area contributed by atoms with Gasteiger partial charge in [0.05, 0.1) is 11.1 Å². The topological polar surface area (TPSA) is 38.3 Å². The molecule has 1 N–H and O–H groups in total. The summed E-state index contributed by atoms with van der Waals surface area (Å²) in [6, 6.07) is 10.9. The number of carbonyl (C=O) groups is 1. The van der Waals surface area contributed by atoms with Gasteiger partial charge in [-0.25, -0.2) is 4.39 Å². The summed E-state index contributed by atoms with van der Waals surface area (Å²) in [6.45, 7) is 1.63. The Morgan fingerprint density at radius 3 is 2.64 bits per heavy atom. The lowest BCUT2D eigenvalue weighted by atomic mass is 10.1. The Morgan fingerprint density at radius 1 is 1.23 bits per heavy atom. The maximum Gasteiger partial charge on any atom is 0.258 e. The smallest absolute Gasteiger partial charge is 0.258 e.